The fraction of sp³-hybridized carbons (Fsp3) is 0.455. The van der Waals surface area contributed by atoms with E-state index in [1.54, 1.807) is 12.1 Å². The molecule has 0 aliphatic heterocycles. The first-order valence-electron chi connectivity index (χ1n) is 5.00. The van der Waals surface area contributed by atoms with E-state index < -0.39 is 0 Å². The summed E-state index contributed by atoms with van der Waals surface area (Å²) in [4.78, 5) is 0. The highest BCUT2D eigenvalue weighted by Crippen LogP contribution is 2.29. The number of benzene rings is 1. The van der Waals surface area contributed by atoms with Crippen molar-refractivity contribution < 1.29 is 0 Å². The van der Waals surface area contributed by atoms with E-state index in [2.05, 4.69) is 6.92 Å². The van der Waals surface area contributed by atoms with Gasteiger partial charge in [0.1, 0.15) is 0 Å². The Balaban J connectivity index is 2.94. The molecule has 1 aromatic rings. The van der Waals surface area contributed by atoms with E-state index in [-0.39, 0.29) is 12.0 Å². The molecule has 0 radical (unpaired) electrons. The van der Waals surface area contributed by atoms with E-state index in [1.807, 2.05) is 6.07 Å². The van der Waals surface area contributed by atoms with Crippen LogP contribution in [0.1, 0.15) is 24.9 Å². The lowest BCUT2D eigenvalue weighted by atomic mass is 9.92. The molecule has 1 rings (SSSR count). The first kappa shape index (κ1) is 12.8. The molecular weight excluding hydrogens is 231 g/mol. The van der Waals surface area contributed by atoms with Gasteiger partial charge in [-0.2, -0.15) is 0 Å². The van der Waals surface area contributed by atoms with Crippen molar-refractivity contribution in [1.29, 1.82) is 0 Å². The molecular formula is C11H16Cl2N2. The normalized spacial score (nSPS) is 15.0. The molecule has 2 atom stereocenters. The van der Waals surface area contributed by atoms with Crippen LogP contribution in [0.15, 0.2) is 18.2 Å². The third-order valence-electron chi connectivity index (χ3n) is 2.66. The van der Waals surface area contributed by atoms with Gasteiger partial charge in [0.15, 0.2) is 0 Å². The van der Waals surface area contributed by atoms with Crippen molar-refractivity contribution in [2.24, 2.45) is 17.4 Å². The second-order valence-corrected chi connectivity index (χ2v) is 4.44. The molecule has 0 spiro atoms. The minimum absolute atomic E-state index is 0.121. The molecule has 4 heteroatoms. The Bertz CT molecular complexity index is 324. The van der Waals surface area contributed by atoms with E-state index >= 15 is 0 Å². The maximum atomic E-state index is 6.10. The molecule has 0 aromatic heterocycles. The minimum Gasteiger partial charge on any atom is -0.330 e. The molecule has 0 aliphatic carbocycles. The average molecular weight is 247 g/mol. The molecule has 4 N–H and O–H groups in total. The van der Waals surface area contributed by atoms with Gasteiger partial charge in [0.2, 0.25) is 0 Å². The lowest BCUT2D eigenvalue weighted by Gasteiger charge is -2.22. The van der Waals surface area contributed by atoms with Gasteiger partial charge in [-0.05, 0) is 30.2 Å². The van der Waals surface area contributed by atoms with E-state index in [4.69, 9.17) is 34.7 Å². The van der Waals surface area contributed by atoms with Crippen LogP contribution in [-0.2, 0) is 0 Å². The minimum atomic E-state index is -0.121. The molecule has 0 aliphatic rings. The van der Waals surface area contributed by atoms with Crippen molar-refractivity contribution in [3.05, 3.63) is 33.8 Å². The zero-order valence-electron chi connectivity index (χ0n) is 8.71. The summed E-state index contributed by atoms with van der Waals surface area (Å²) >= 11 is 11.9. The molecule has 0 heterocycles. The van der Waals surface area contributed by atoms with Gasteiger partial charge in [-0.15, -0.1) is 0 Å². The zero-order chi connectivity index (χ0) is 11.4. The van der Waals surface area contributed by atoms with Crippen molar-refractivity contribution in [3.8, 4) is 0 Å². The molecule has 0 amide bonds. The number of hydrogen-bond donors (Lipinski definition) is 2. The quantitative estimate of drug-likeness (QED) is 0.859. The highest BCUT2D eigenvalue weighted by molar-refractivity contribution is 6.35. The predicted octanol–water partition coefficient (Wildman–Crippen LogP) is 2.98. The third kappa shape index (κ3) is 3.08. The molecule has 0 fully saturated rings. The van der Waals surface area contributed by atoms with Crippen LogP contribution in [0.4, 0.5) is 0 Å². The molecule has 2 nitrogen and oxygen atoms in total. The van der Waals surface area contributed by atoms with E-state index in [9.17, 15) is 0 Å². The van der Waals surface area contributed by atoms with E-state index in [0.29, 0.717) is 16.6 Å². The van der Waals surface area contributed by atoms with Gasteiger partial charge in [-0.1, -0.05) is 42.6 Å². The maximum Gasteiger partial charge on any atom is 0.0468 e. The summed E-state index contributed by atoms with van der Waals surface area (Å²) in [6, 6.07) is 5.26. The Morgan fingerprint density at radius 1 is 1.33 bits per heavy atom. The first-order valence-corrected chi connectivity index (χ1v) is 5.76. The number of nitrogens with two attached hydrogens (primary N) is 2. The molecule has 0 bridgehead atoms. The zero-order valence-corrected chi connectivity index (χ0v) is 10.2. The highest BCUT2D eigenvalue weighted by Gasteiger charge is 2.18. The van der Waals surface area contributed by atoms with Crippen LogP contribution in [-0.4, -0.2) is 6.54 Å². The van der Waals surface area contributed by atoms with Crippen LogP contribution in [0.5, 0.6) is 0 Å². The molecule has 84 valence electrons. The van der Waals surface area contributed by atoms with Crippen LogP contribution < -0.4 is 11.5 Å². The Hall–Kier alpha value is -0.280. The van der Waals surface area contributed by atoms with Gasteiger partial charge in [0, 0.05) is 16.1 Å². The average Bonchev–Trinajstić information content (AvgIpc) is 2.19. The Morgan fingerprint density at radius 3 is 2.47 bits per heavy atom. The second kappa shape index (κ2) is 5.71. The van der Waals surface area contributed by atoms with Gasteiger partial charge in [-0.3, -0.25) is 0 Å². The van der Waals surface area contributed by atoms with Crippen LogP contribution in [0.25, 0.3) is 0 Å². The van der Waals surface area contributed by atoms with Gasteiger partial charge in [-0.25, -0.2) is 0 Å². The largest absolute Gasteiger partial charge is 0.330 e. The Labute approximate surface area is 101 Å². The van der Waals surface area contributed by atoms with Gasteiger partial charge in [0.25, 0.3) is 0 Å². The maximum absolute atomic E-state index is 6.10. The monoisotopic (exact) mass is 246 g/mol. The lowest BCUT2D eigenvalue weighted by molar-refractivity contribution is 0.428. The summed E-state index contributed by atoms with van der Waals surface area (Å²) in [6.07, 6.45) is 0.941. The van der Waals surface area contributed by atoms with Crippen LogP contribution in [0.3, 0.4) is 0 Å². The second-order valence-electron chi connectivity index (χ2n) is 3.60. The SMILES string of the molecule is CCC(CN)C(N)c1ccc(Cl)cc1Cl. The summed E-state index contributed by atoms with van der Waals surface area (Å²) in [5.74, 6) is 0.253. The molecule has 2 unspecified atom stereocenters. The number of halogens is 2. The smallest absolute Gasteiger partial charge is 0.0468 e. The lowest BCUT2D eigenvalue weighted by Crippen LogP contribution is -2.27. The van der Waals surface area contributed by atoms with Crippen molar-refractivity contribution in [2.75, 3.05) is 6.54 Å². The molecule has 15 heavy (non-hydrogen) atoms. The predicted molar refractivity (Wildman–Crippen MR) is 66.2 cm³/mol. The Kier molecular flexibility index (Phi) is 4.87. The third-order valence-corrected chi connectivity index (χ3v) is 3.22. The summed E-state index contributed by atoms with van der Waals surface area (Å²) < 4.78 is 0. The van der Waals surface area contributed by atoms with Gasteiger partial charge >= 0.3 is 0 Å². The summed E-state index contributed by atoms with van der Waals surface area (Å²) in [7, 11) is 0. The van der Waals surface area contributed by atoms with Gasteiger partial charge in [0.05, 0.1) is 0 Å². The van der Waals surface area contributed by atoms with E-state index in [0.717, 1.165) is 12.0 Å². The van der Waals surface area contributed by atoms with Crippen molar-refractivity contribution in [3.63, 3.8) is 0 Å². The summed E-state index contributed by atoms with van der Waals surface area (Å²) in [5.41, 5.74) is 12.7. The molecule has 0 saturated carbocycles. The summed E-state index contributed by atoms with van der Waals surface area (Å²) in [6.45, 7) is 2.64. The number of hydrogen-bond acceptors (Lipinski definition) is 2. The van der Waals surface area contributed by atoms with Crippen molar-refractivity contribution in [1.82, 2.24) is 0 Å². The topological polar surface area (TPSA) is 52.0 Å². The van der Waals surface area contributed by atoms with Crippen LogP contribution >= 0.6 is 23.2 Å². The molecule has 1 aromatic carbocycles. The van der Waals surface area contributed by atoms with E-state index in [1.165, 1.54) is 0 Å². The van der Waals surface area contributed by atoms with Crippen LogP contribution in [0.2, 0.25) is 10.0 Å². The fourth-order valence-corrected chi connectivity index (χ4v) is 2.13. The molecule has 0 saturated heterocycles. The first-order chi connectivity index (χ1) is 7.10. The fourth-order valence-electron chi connectivity index (χ4n) is 1.59. The Morgan fingerprint density at radius 2 is 2.00 bits per heavy atom. The number of rotatable bonds is 4. The standard InChI is InChI=1S/C11H16Cl2N2/c1-2-7(6-14)11(15)9-4-3-8(12)5-10(9)13/h3-5,7,11H,2,6,14-15H2,1H3. The summed E-state index contributed by atoms with van der Waals surface area (Å²) in [5, 5.41) is 1.23. The van der Waals surface area contributed by atoms with Crippen LogP contribution in [0, 0.1) is 5.92 Å². The van der Waals surface area contributed by atoms with Gasteiger partial charge < -0.3 is 11.5 Å². The van der Waals surface area contributed by atoms with Crippen molar-refractivity contribution >= 4 is 23.2 Å². The van der Waals surface area contributed by atoms with Crippen molar-refractivity contribution in [2.45, 2.75) is 19.4 Å². The highest BCUT2D eigenvalue weighted by atomic mass is 35.5.